The van der Waals surface area contributed by atoms with Crippen LogP contribution in [0.2, 0.25) is 0 Å². The number of ether oxygens (including phenoxy) is 1. The average molecular weight is 317 g/mol. The Morgan fingerprint density at radius 2 is 1.62 bits per heavy atom. The summed E-state index contributed by atoms with van der Waals surface area (Å²) >= 11 is 0. The highest BCUT2D eigenvalue weighted by Crippen LogP contribution is 2.30. The van der Waals surface area contributed by atoms with Crippen molar-refractivity contribution < 1.29 is 9.53 Å². The average Bonchev–Trinajstić information content (AvgIpc) is 3.38. The van der Waals surface area contributed by atoms with Crippen molar-refractivity contribution in [3.63, 3.8) is 0 Å². The Labute approximate surface area is 141 Å². The van der Waals surface area contributed by atoms with Crippen LogP contribution in [0.3, 0.4) is 0 Å². The monoisotopic (exact) mass is 317 g/mol. The first-order valence-electron chi connectivity index (χ1n) is 8.40. The molecule has 0 amide bonds. The van der Waals surface area contributed by atoms with E-state index in [4.69, 9.17) is 4.74 Å². The SMILES string of the molecule is CCOC(=O)C1N=C1CCc1c2ccccc2cc2ccccc12. The lowest BCUT2D eigenvalue weighted by Crippen LogP contribution is -2.16. The molecule has 0 aromatic heterocycles. The number of nitrogens with zero attached hydrogens (tertiary/aromatic N) is 1. The topological polar surface area (TPSA) is 38.7 Å². The molecule has 4 rings (SSSR count). The van der Waals surface area contributed by atoms with Gasteiger partial charge < -0.3 is 4.74 Å². The van der Waals surface area contributed by atoms with Crippen molar-refractivity contribution in [2.45, 2.75) is 25.8 Å². The van der Waals surface area contributed by atoms with Gasteiger partial charge in [0.25, 0.3) is 0 Å². The van der Waals surface area contributed by atoms with Gasteiger partial charge in [0.1, 0.15) is 0 Å². The Balaban J connectivity index is 1.63. The van der Waals surface area contributed by atoms with E-state index in [2.05, 4.69) is 59.6 Å². The number of aryl methyl sites for hydroxylation is 1. The van der Waals surface area contributed by atoms with E-state index in [1.807, 2.05) is 6.92 Å². The summed E-state index contributed by atoms with van der Waals surface area (Å²) < 4.78 is 5.04. The van der Waals surface area contributed by atoms with Crippen LogP contribution in [0.1, 0.15) is 18.9 Å². The summed E-state index contributed by atoms with van der Waals surface area (Å²) in [5, 5.41) is 5.08. The lowest BCUT2D eigenvalue weighted by molar-refractivity contribution is -0.142. The van der Waals surface area contributed by atoms with Gasteiger partial charge in [-0.25, -0.2) is 4.79 Å². The molecule has 1 aliphatic heterocycles. The third-order valence-corrected chi connectivity index (χ3v) is 4.57. The van der Waals surface area contributed by atoms with Gasteiger partial charge in [-0.2, -0.15) is 0 Å². The molecule has 0 aliphatic carbocycles. The molecule has 1 unspecified atom stereocenters. The smallest absolute Gasteiger partial charge is 0.336 e. The van der Waals surface area contributed by atoms with Gasteiger partial charge in [-0.3, -0.25) is 4.99 Å². The second-order valence-corrected chi connectivity index (χ2v) is 6.07. The van der Waals surface area contributed by atoms with Crippen molar-refractivity contribution >= 4 is 33.2 Å². The summed E-state index contributed by atoms with van der Waals surface area (Å²) in [5.41, 5.74) is 2.30. The molecular weight excluding hydrogens is 298 g/mol. The third-order valence-electron chi connectivity index (χ3n) is 4.57. The number of hydrogen-bond donors (Lipinski definition) is 0. The maximum Gasteiger partial charge on any atom is 0.336 e. The number of carbonyl (C=O) groups excluding carboxylic acids is 1. The Morgan fingerprint density at radius 1 is 1.00 bits per heavy atom. The van der Waals surface area contributed by atoms with Gasteiger partial charge >= 0.3 is 5.97 Å². The molecule has 3 heteroatoms. The molecule has 0 bridgehead atoms. The maximum atomic E-state index is 11.7. The minimum absolute atomic E-state index is 0.213. The highest BCUT2D eigenvalue weighted by molar-refractivity contribution is 6.16. The Hall–Kier alpha value is -2.68. The fourth-order valence-corrected chi connectivity index (χ4v) is 3.37. The summed E-state index contributed by atoms with van der Waals surface area (Å²) in [5.74, 6) is -0.213. The molecule has 3 aromatic rings. The van der Waals surface area contributed by atoms with Crippen LogP contribution >= 0.6 is 0 Å². The van der Waals surface area contributed by atoms with E-state index < -0.39 is 0 Å². The van der Waals surface area contributed by atoms with Gasteiger partial charge in [-0.15, -0.1) is 0 Å². The van der Waals surface area contributed by atoms with Crippen molar-refractivity contribution in [2.24, 2.45) is 4.99 Å². The number of rotatable bonds is 5. The van der Waals surface area contributed by atoms with Crippen LogP contribution in [0.4, 0.5) is 0 Å². The second-order valence-electron chi connectivity index (χ2n) is 6.07. The second kappa shape index (κ2) is 6.08. The van der Waals surface area contributed by atoms with Crippen molar-refractivity contribution in [3.05, 3.63) is 60.2 Å². The quantitative estimate of drug-likeness (QED) is 0.519. The minimum Gasteiger partial charge on any atom is -0.464 e. The Morgan fingerprint density at radius 3 is 2.25 bits per heavy atom. The summed E-state index contributed by atoms with van der Waals surface area (Å²) in [4.78, 5) is 16.0. The molecule has 1 heterocycles. The van der Waals surface area contributed by atoms with Gasteiger partial charge in [0.05, 0.1) is 12.3 Å². The minimum atomic E-state index is -0.328. The third kappa shape index (κ3) is 2.67. The molecule has 0 saturated heterocycles. The van der Waals surface area contributed by atoms with E-state index in [1.165, 1.54) is 27.1 Å². The highest BCUT2D eigenvalue weighted by Gasteiger charge is 2.35. The van der Waals surface area contributed by atoms with Crippen molar-refractivity contribution in [3.8, 4) is 0 Å². The van der Waals surface area contributed by atoms with Crippen LogP contribution in [0.25, 0.3) is 21.5 Å². The summed E-state index contributed by atoms with van der Waals surface area (Å²) in [6.45, 7) is 2.23. The number of aliphatic imine (C=N–C) groups is 1. The lowest BCUT2D eigenvalue weighted by Gasteiger charge is -2.11. The lowest BCUT2D eigenvalue weighted by atomic mass is 9.93. The predicted molar refractivity (Wildman–Crippen MR) is 97.6 cm³/mol. The van der Waals surface area contributed by atoms with Crippen LogP contribution < -0.4 is 0 Å². The van der Waals surface area contributed by atoms with Gasteiger partial charge in [-0.05, 0) is 52.9 Å². The maximum absolute atomic E-state index is 11.7. The first kappa shape index (κ1) is 14.9. The largest absolute Gasteiger partial charge is 0.464 e. The number of esters is 1. The van der Waals surface area contributed by atoms with Gasteiger partial charge in [0, 0.05) is 0 Å². The van der Waals surface area contributed by atoms with E-state index in [1.54, 1.807) is 0 Å². The molecule has 24 heavy (non-hydrogen) atoms. The zero-order valence-corrected chi connectivity index (χ0v) is 13.7. The number of carbonyl (C=O) groups is 1. The van der Waals surface area contributed by atoms with Crippen molar-refractivity contribution in [1.82, 2.24) is 0 Å². The molecule has 0 N–H and O–H groups in total. The van der Waals surface area contributed by atoms with E-state index in [0.29, 0.717) is 6.61 Å². The van der Waals surface area contributed by atoms with Crippen LogP contribution in [0.5, 0.6) is 0 Å². The first-order chi connectivity index (χ1) is 11.8. The number of fused-ring (bicyclic) bond motifs is 2. The molecule has 3 aromatic carbocycles. The van der Waals surface area contributed by atoms with E-state index in [-0.39, 0.29) is 12.0 Å². The van der Waals surface area contributed by atoms with Crippen LogP contribution in [0.15, 0.2) is 59.6 Å². The van der Waals surface area contributed by atoms with Crippen LogP contribution in [-0.4, -0.2) is 24.3 Å². The molecule has 1 atom stereocenters. The van der Waals surface area contributed by atoms with Gasteiger partial charge in [0.15, 0.2) is 6.04 Å². The van der Waals surface area contributed by atoms with Crippen molar-refractivity contribution in [2.75, 3.05) is 6.61 Å². The predicted octanol–water partition coefficient (Wildman–Crippen LogP) is 4.31. The molecular formula is C21H19NO2. The van der Waals surface area contributed by atoms with Crippen LogP contribution in [-0.2, 0) is 16.0 Å². The molecule has 1 aliphatic rings. The number of benzene rings is 3. The summed E-state index contributed by atoms with van der Waals surface area (Å²) in [6.07, 6.45) is 1.69. The normalized spacial score (nSPS) is 16.2. The molecule has 0 saturated carbocycles. The standard InChI is InChI=1S/C21H19NO2/c1-2-24-21(23)20-19(22-20)12-11-18-16-9-5-3-7-14(16)13-15-8-4-6-10-17(15)18/h3-10,13,20H,2,11-12H2,1H3. The van der Waals surface area contributed by atoms with Crippen molar-refractivity contribution in [1.29, 1.82) is 0 Å². The molecule has 0 radical (unpaired) electrons. The molecule has 120 valence electrons. The highest BCUT2D eigenvalue weighted by atomic mass is 16.5. The zero-order valence-electron chi connectivity index (χ0n) is 13.7. The Kier molecular flexibility index (Phi) is 3.77. The summed E-state index contributed by atoms with van der Waals surface area (Å²) in [6, 6.07) is 18.9. The zero-order chi connectivity index (χ0) is 16.5. The van der Waals surface area contributed by atoms with Crippen LogP contribution in [0, 0.1) is 0 Å². The fraction of sp³-hybridized carbons (Fsp3) is 0.238. The van der Waals surface area contributed by atoms with E-state index >= 15 is 0 Å². The van der Waals surface area contributed by atoms with E-state index in [0.717, 1.165) is 18.6 Å². The van der Waals surface area contributed by atoms with E-state index in [9.17, 15) is 4.79 Å². The number of hydrogen-bond acceptors (Lipinski definition) is 3. The van der Waals surface area contributed by atoms with Gasteiger partial charge in [0.2, 0.25) is 0 Å². The molecule has 0 spiro atoms. The molecule has 0 fully saturated rings. The summed E-state index contributed by atoms with van der Waals surface area (Å²) in [7, 11) is 0. The Bertz CT molecular complexity index is 904. The fourth-order valence-electron chi connectivity index (χ4n) is 3.37. The first-order valence-corrected chi connectivity index (χ1v) is 8.40. The molecule has 3 nitrogen and oxygen atoms in total. The van der Waals surface area contributed by atoms with Gasteiger partial charge in [-0.1, -0.05) is 48.5 Å².